The predicted molar refractivity (Wildman–Crippen MR) is 63.3 cm³/mol. The summed E-state index contributed by atoms with van der Waals surface area (Å²) in [6.45, 7) is 5.25. The fourth-order valence-electron chi connectivity index (χ4n) is 1.32. The molecule has 82 valence electrons. The first-order valence-corrected chi connectivity index (χ1v) is 6.58. The van der Waals surface area contributed by atoms with Crippen molar-refractivity contribution in [1.82, 2.24) is 4.90 Å². The number of rotatable bonds is 8. The molecule has 0 amide bonds. The zero-order valence-corrected chi connectivity index (χ0v) is 9.89. The zero-order chi connectivity index (χ0) is 10.1. The van der Waals surface area contributed by atoms with E-state index in [0.717, 1.165) is 19.1 Å². The quantitative estimate of drug-likeness (QED) is 0.577. The van der Waals surface area contributed by atoms with Crippen LogP contribution in [0.25, 0.3) is 0 Å². The van der Waals surface area contributed by atoms with Crippen molar-refractivity contribution < 1.29 is 4.74 Å². The second kappa shape index (κ2) is 8.18. The molecule has 0 saturated carbocycles. The van der Waals surface area contributed by atoms with Gasteiger partial charge in [-0.25, -0.2) is 0 Å². The van der Waals surface area contributed by atoms with Gasteiger partial charge in [-0.05, 0) is 24.7 Å². The maximum absolute atomic E-state index is 5.50. The van der Waals surface area contributed by atoms with E-state index < -0.39 is 0 Å². The van der Waals surface area contributed by atoms with Gasteiger partial charge in [0.1, 0.15) is 0 Å². The fourth-order valence-corrected chi connectivity index (χ4v) is 2.07. The first-order valence-electron chi connectivity index (χ1n) is 5.53. The van der Waals surface area contributed by atoms with Gasteiger partial charge in [0.2, 0.25) is 0 Å². The second-order valence-electron chi connectivity index (χ2n) is 3.57. The van der Waals surface area contributed by atoms with Crippen LogP contribution in [0, 0.1) is 0 Å². The molecule has 0 spiro atoms. The Morgan fingerprint density at radius 2 is 2.14 bits per heavy atom. The largest absolute Gasteiger partial charge is 0.381 e. The molecule has 0 aromatic heterocycles. The van der Waals surface area contributed by atoms with Crippen molar-refractivity contribution in [2.75, 3.05) is 25.6 Å². The Labute approximate surface area is 91.7 Å². The number of ether oxygens (including phenoxy) is 1. The Balaban J connectivity index is 1.77. The third-order valence-corrected chi connectivity index (χ3v) is 3.03. The summed E-state index contributed by atoms with van der Waals surface area (Å²) in [6, 6.07) is 0. The van der Waals surface area contributed by atoms with Crippen LogP contribution < -0.4 is 0 Å². The van der Waals surface area contributed by atoms with E-state index in [1.165, 1.54) is 32.2 Å². The maximum atomic E-state index is 5.50. The Morgan fingerprint density at radius 3 is 2.86 bits per heavy atom. The van der Waals surface area contributed by atoms with Gasteiger partial charge in [-0.2, -0.15) is 0 Å². The minimum Gasteiger partial charge on any atom is -0.381 e. The Morgan fingerprint density at radius 1 is 1.29 bits per heavy atom. The smallest absolute Gasteiger partial charge is 0.0675 e. The number of unbranched alkanes of at least 4 members (excludes halogenated alkanes) is 2. The Bertz CT molecular complexity index is 161. The molecule has 0 aromatic carbocycles. The molecule has 3 heteroatoms. The summed E-state index contributed by atoms with van der Waals surface area (Å²) < 4.78 is 5.50. The van der Waals surface area contributed by atoms with Crippen LogP contribution in [0.1, 0.15) is 32.6 Å². The van der Waals surface area contributed by atoms with E-state index in [9.17, 15) is 0 Å². The van der Waals surface area contributed by atoms with Crippen molar-refractivity contribution in [3.63, 3.8) is 0 Å². The molecule has 0 radical (unpaired) electrons. The number of hydrogen-bond donors (Lipinski definition) is 0. The Kier molecular flexibility index (Phi) is 6.97. The highest BCUT2D eigenvalue weighted by Gasteiger charge is 2.02. The van der Waals surface area contributed by atoms with Crippen molar-refractivity contribution in [2.24, 2.45) is 0 Å². The summed E-state index contributed by atoms with van der Waals surface area (Å²) in [6.07, 6.45) is 7.06. The lowest BCUT2D eigenvalue weighted by molar-refractivity contribution is 0.126. The molecule has 1 aliphatic heterocycles. The first kappa shape index (κ1) is 11.9. The summed E-state index contributed by atoms with van der Waals surface area (Å²) >= 11 is 1.87. The van der Waals surface area contributed by atoms with Crippen LogP contribution in [0.5, 0.6) is 0 Å². The lowest BCUT2D eigenvalue weighted by Crippen LogP contribution is -2.15. The number of nitrogens with zero attached hydrogens (tertiary/aromatic N) is 1. The highest BCUT2D eigenvalue weighted by molar-refractivity contribution is 8.02. The third-order valence-electron chi connectivity index (χ3n) is 2.23. The van der Waals surface area contributed by atoms with Crippen molar-refractivity contribution in [3.8, 4) is 0 Å². The van der Waals surface area contributed by atoms with E-state index in [1.807, 2.05) is 11.8 Å². The highest BCUT2D eigenvalue weighted by Crippen LogP contribution is 2.15. The van der Waals surface area contributed by atoms with Gasteiger partial charge in [-0.1, -0.05) is 13.3 Å². The summed E-state index contributed by atoms with van der Waals surface area (Å²) in [5, 5.41) is 2.16. The molecule has 0 aromatic rings. The lowest BCUT2D eigenvalue weighted by Gasteiger charge is -2.13. The number of thioether (sulfide) groups is 1. The van der Waals surface area contributed by atoms with Gasteiger partial charge >= 0.3 is 0 Å². The van der Waals surface area contributed by atoms with E-state index in [2.05, 4.69) is 23.4 Å². The Hall–Kier alpha value is -0.150. The first-order chi connectivity index (χ1) is 6.93. The van der Waals surface area contributed by atoms with Gasteiger partial charge in [0.15, 0.2) is 0 Å². The molecule has 1 aliphatic rings. The standard InChI is InChI=1S/C11H21NOS/c1-2-3-8-13-9-5-4-6-12-7-10-14-11-12/h7,10H,2-6,8-9,11H2,1H3. The molecule has 1 rings (SSSR count). The molecule has 0 fully saturated rings. The molecule has 0 unspecified atom stereocenters. The van der Waals surface area contributed by atoms with Gasteiger partial charge in [0.25, 0.3) is 0 Å². The van der Waals surface area contributed by atoms with E-state index in [-0.39, 0.29) is 0 Å². The normalized spacial score (nSPS) is 15.4. The predicted octanol–water partition coefficient (Wildman–Crippen LogP) is 3.06. The van der Waals surface area contributed by atoms with Crippen LogP contribution in [0.3, 0.4) is 0 Å². The van der Waals surface area contributed by atoms with Crippen molar-refractivity contribution >= 4 is 11.8 Å². The molecular formula is C11H21NOS. The third kappa shape index (κ3) is 5.55. The molecule has 0 bridgehead atoms. The average Bonchev–Trinajstić information content (AvgIpc) is 2.69. The van der Waals surface area contributed by atoms with Gasteiger partial charge in [-0.15, -0.1) is 11.8 Å². The van der Waals surface area contributed by atoms with Crippen LogP contribution in [-0.4, -0.2) is 30.5 Å². The van der Waals surface area contributed by atoms with Crippen molar-refractivity contribution in [2.45, 2.75) is 32.6 Å². The van der Waals surface area contributed by atoms with Crippen LogP contribution in [0.2, 0.25) is 0 Å². The van der Waals surface area contributed by atoms with E-state index in [4.69, 9.17) is 4.74 Å². The van der Waals surface area contributed by atoms with Gasteiger partial charge < -0.3 is 9.64 Å². The summed E-state index contributed by atoms with van der Waals surface area (Å²) in [4.78, 5) is 2.36. The molecule has 0 aliphatic carbocycles. The molecule has 1 heterocycles. The second-order valence-corrected chi connectivity index (χ2v) is 4.43. The van der Waals surface area contributed by atoms with Crippen molar-refractivity contribution in [1.29, 1.82) is 0 Å². The molecule has 0 saturated heterocycles. The van der Waals surface area contributed by atoms with E-state index in [1.54, 1.807) is 0 Å². The molecule has 2 nitrogen and oxygen atoms in total. The lowest BCUT2D eigenvalue weighted by atomic mass is 10.3. The van der Waals surface area contributed by atoms with E-state index >= 15 is 0 Å². The summed E-state index contributed by atoms with van der Waals surface area (Å²) in [5.74, 6) is 1.14. The molecule has 14 heavy (non-hydrogen) atoms. The molecule has 0 atom stereocenters. The molecular weight excluding hydrogens is 194 g/mol. The van der Waals surface area contributed by atoms with Crippen molar-refractivity contribution in [3.05, 3.63) is 11.6 Å². The van der Waals surface area contributed by atoms with Crippen LogP contribution in [0.4, 0.5) is 0 Å². The SMILES string of the molecule is CCCCOCCCCN1C=CSC1. The van der Waals surface area contributed by atoms with Gasteiger partial charge in [0.05, 0.1) is 5.88 Å². The summed E-state index contributed by atoms with van der Waals surface area (Å²) in [7, 11) is 0. The van der Waals surface area contributed by atoms with E-state index in [0.29, 0.717) is 0 Å². The minimum atomic E-state index is 0.935. The fraction of sp³-hybridized carbons (Fsp3) is 0.818. The minimum absolute atomic E-state index is 0.935. The van der Waals surface area contributed by atoms with Crippen LogP contribution >= 0.6 is 11.8 Å². The molecule has 0 N–H and O–H groups in total. The summed E-state index contributed by atoms with van der Waals surface area (Å²) in [5.41, 5.74) is 0. The monoisotopic (exact) mass is 215 g/mol. The highest BCUT2D eigenvalue weighted by atomic mass is 32.2. The zero-order valence-electron chi connectivity index (χ0n) is 9.08. The van der Waals surface area contributed by atoms with Gasteiger partial charge in [0, 0.05) is 26.0 Å². The van der Waals surface area contributed by atoms with Crippen LogP contribution in [-0.2, 0) is 4.74 Å². The average molecular weight is 215 g/mol. The number of hydrogen-bond acceptors (Lipinski definition) is 3. The topological polar surface area (TPSA) is 12.5 Å². The van der Waals surface area contributed by atoms with Gasteiger partial charge in [-0.3, -0.25) is 0 Å². The maximum Gasteiger partial charge on any atom is 0.0675 e. The van der Waals surface area contributed by atoms with Crippen LogP contribution in [0.15, 0.2) is 11.6 Å².